The molecule has 4 nitrogen and oxygen atoms in total. The van der Waals surface area contributed by atoms with Gasteiger partial charge in [0.2, 0.25) is 0 Å². The number of hydrogen-bond donors (Lipinski definition) is 1. The Morgan fingerprint density at radius 3 is 2.17 bits per heavy atom. The Kier molecular flexibility index (Phi) is 5.41. The van der Waals surface area contributed by atoms with E-state index in [0.717, 1.165) is 18.6 Å². The summed E-state index contributed by atoms with van der Waals surface area (Å²) in [6.07, 6.45) is 0.726. The largest absolute Gasteiger partial charge is 0.462 e. The van der Waals surface area contributed by atoms with Crippen molar-refractivity contribution in [3.63, 3.8) is 0 Å². The van der Waals surface area contributed by atoms with E-state index in [9.17, 15) is 18.4 Å². The Balaban J connectivity index is 2.05. The predicted molar refractivity (Wildman–Crippen MR) is 81.3 cm³/mol. The fourth-order valence-electron chi connectivity index (χ4n) is 1.86. The molecule has 23 heavy (non-hydrogen) atoms. The molecule has 2 aromatic carbocycles. The molecule has 0 saturated carbocycles. The van der Waals surface area contributed by atoms with E-state index in [1.54, 1.807) is 0 Å². The Hall–Kier alpha value is -2.76. The van der Waals surface area contributed by atoms with Crippen LogP contribution in [0.25, 0.3) is 0 Å². The molecular formula is C17H15F2NO3. The van der Waals surface area contributed by atoms with E-state index >= 15 is 0 Å². The lowest BCUT2D eigenvalue weighted by molar-refractivity contribution is 0.0505. The minimum atomic E-state index is -0.829. The highest BCUT2D eigenvalue weighted by atomic mass is 19.1. The number of hydrogen-bond acceptors (Lipinski definition) is 3. The van der Waals surface area contributed by atoms with E-state index in [2.05, 4.69) is 5.32 Å². The summed E-state index contributed by atoms with van der Waals surface area (Å²) in [6.45, 7) is 2.23. The van der Waals surface area contributed by atoms with E-state index in [1.807, 2.05) is 6.92 Å². The van der Waals surface area contributed by atoms with Gasteiger partial charge in [-0.2, -0.15) is 0 Å². The zero-order valence-electron chi connectivity index (χ0n) is 12.4. The number of halogens is 2. The van der Waals surface area contributed by atoms with Crippen LogP contribution in [0.5, 0.6) is 0 Å². The maximum atomic E-state index is 13.1. The van der Waals surface area contributed by atoms with Gasteiger partial charge in [0, 0.05) is 17.3 Å². The number of carbonyl (C=O) groups is 2. The van der Waals surface area contributed by atoms with Crippen molar-refractivity contribution in [1.82, 2.24) is 0 Å². The highest BCUT2D eigenvalue weighted by Gasteiger charge is 2.11. The topological polar surface area (TPSA) is 55.4 Å². The van der Waals surface area contributed by atoms with Crippen LogP contribution >= 0.6 is 0 Å². The number of rotatable bonds is 5. The van der Waals surface area contributed by atoms with Crippen molar-refractivity contribution in [2.75, 3.05) is 11.9 Å². The first kappa shape index (κ1) is 16.6. The van der Waals surface area contributed by atoms with Crippen LogP contribution in [0, 0.1) is 11.6 Å². The maximum absolute atomic E-state index is 13.1. The summed E-state index contributed by atoms with van der Waals surface area (Å²) in [6, 6.07) is 8.59. The first-order valence-electron chi connectivity index (χ1n) is 7.04. The van der Waals surface area contributed by atoms with Crippen molar-refractivity contribution in [1.29, 1.82) is 0 Å². The number of anilines is 1. The molecule has 0 unspecified atom stereocenters. The van der Waals surface area contributed by atoms with Gasteiger partial charge in [-0.1, -0.05) is 6.92 Å². The summed E-state index contributed by atoms with van der Waals surface area (Å²) in [4.78, 5) is 23.6. The van der Waals surface area contributed by atoms with Crippen LogP contribution < -0.4 is 5.32 Å². The van der Waals surface area contributed by atoms with E-state index in [4.69, 9.17) is 4.74 Å². The molecule has 0 aliphatic heterocycles. The zero-order chi connectivity index (χ0) is 16.8. The lowest BCUT2D eigenvalue weighted by Crippen LogP contribution is -2.13. The van der Waals surface area contributed by atoms with E-state index in [0.29, 0.717) is 23.9 Å². The molecule has 2 rings (SSSR count). The number of ether oxygens (including phenoxy) is 1. The first-order chi connectivity index (χ1) is 11.0. The molecule has 120 valence electrons. The van der Waals surface area contributed by atoms with Gasteiger partial charge in [-0.25, -0.2) is 13.6 Å². The van der Waals surface area contributed by atoms with Gasteiger partial charge < -0.3 is 10.1 Å². The SMILES string of the molecule is CCCOC(=O)c1ccc(NC(=O)c2cc(F)cc(F)c2)cc1. The first-order valence-corrected chi connectivity index (χ1v) is 7.04. The number of benzene rings is 2. The normalized spacial score (nSPS) is 10.2. The summed E-state index contributed by atoms with van der Waals surface area (Å²) in [7, 11) is 0. The van der Waals surface area contributed by atoms with Gasteiger partial charge in [-0.05, 0) is 42.8 Å². The minimum Gasteiger partial charge on any atom is -0.462 e. The smallest absolute Gasteiger partial charge is 0.338 e. The second kappa shape index (κ2) is 7.49. The van der Waals surface area contributed by atoms with Gasteiger partial charge in [0.25, 0.3) is 5.91 Å². The molecule has 6 heteroatoms. The standard InChI is InChI=1S/C17H15F2NO3/c1-2-7-23-17(22)11-3-5-15(6-4-11)20-16(21)12-8-13(18)10-14(19)9-12/h3-6,8-10H,2,7H2,1H3,(H,20,21). The van der Waals surface area contributed by atoms with Crippen molar-refractivity contribution >= 4 is 17.6 Å². The molecule has 1 amide bonds. The third-order valence-corrected chi connectivity index (χ3v) is 2.94. The van der Waals surface area contributed by atoms with Crippen LogP contribution in [0.2, 0.25) is 0 Å². The van der Waals surface area contributed by atoms with Crippen LogP contribution in [0.4, 0.5) is 14.5 Å². The van der Waals surface area contributed by atoms with Gasteiger partial charge in [-0.15, -0.1) is 0 Å². The van der Waals surface area contributed by atoms with Gasteiger partial charge >= 0.3 is 5.97 Å². The van der Waals surface area contributed by atoms with Crippen molar-refractivity contribution in [2.24, 2.45) is 0 Å². The fourth-order valence-corrected chi connectivity index (χ4v) is 1.86. The van der Waals surface area contributed by atoms with Crippen molar-refractivity contribution in [3.8, 4) is 0 Å². The monoisotopic (exact) mass is 319 g/mol. The van der Waals surface area contributed by atoms with Crippen LogP contribution in [0.1, 0.15) is 34.1 Å². The second-order valence-corrected chi connectivity index (χ2v) is 4.83. The van der Waals surface area contributed by atoms with Crippen LogP contribution in [0.3, 0.4) is 0 Å². The average Bonchev–Trinajstić information content (AvgIpc) is 2.52. The summed E-state index contributed by atoms with van der Waals surface area (Å²) in [5.41, 5.74) is 0.619. The lowest BCUT2D eigenvalue weighted by Gasteiger charge is -2.07. The number of amides is 1. The van der Waals surface area contributed by atoms with Crippen LogP contribution in [-0.2, 0) is 4.74 Å². The van der Waals surface area contributed by atoms with Crippen molar-refractivity contribution < 1.29 is 23.1 Å². The highest BCUT2D eigenvalue weighted by Crippen LogP contribution is 2.14. The molecule has 0 aliphatic carbocycles. The summed E-state index contributed by atoms with van der Waals surface area (Å²) >= 11 is 0. The molecule has 1 N–H and O–H groups in total. The Labute approximate surface area is 132 Å². The van der Waals surface area contributed by atoms with Gasteiger partial charge in [0.05, 0.1) is 12.2 Å². The van der Waals surface area contributed by atoms with Crippen LogP contribution in [-0.4, -0.2) is 18.5 Å². The molecular weight excluding hydrogens is 304 g/mol. The molecule has 0 aliphatic rings. The molecule has 0 aromatic heterocycles. The average molecular weight is 319 g/mol. The lowest BCUT2D eigenvalue weighted by atomic mass is 10.1. The van der Waals surface area contributed by atoms with Crippen molar-refractivity contribution in [2.45, 2.75) is 13.3 Å². The summed E-state index contributed by atoms with van der Waals surface area (Å²) < 4.78 is 31.2. The van der Waals surface area contributed by atoms with Gasteiger partial charge in [0.1, 0.15) is 11.6 Å². The maximum Gasteiger partial charge on any atom is 0.338 e. The molecule has 0 spiro atoms. The number of nitrogens with one attached hydrogen (secondary N) is 1. The quantitative estimate of drug-likeness (QED) is 0.853. The third-order valence-electron chi connectivity index (χ3n) is 2.94. The molecule has 0 atom stereocenters. The highest BCUT2D eigenvalue weighted by molar-refractivity contribution is 6.04. The molecule has 0 saturated heterocycles. The Morgan fingerprint density at radius 2 is 1.61 bits per heavy atom. The predicted octanol–water partition coefficient (Wildman–Crippen LogP) is 3.78. The molecule has 0 bridgehead atoms. The zero-order valence-corrected chi connectivity index (χ0v) is 12.4. The summed E-state index contributed by atoms with van der Waals surface area (Å²) in [5.74, 6) is -2.75. The third kappa shape index (κ3) is 4.60. The number of carbonyl (C=O) groups excluding carboxylic acids is 2. The Morgan fingerprint density at radius 1 is 1.00 bits per heavy atom. The second-order valence-electron chi connectivity index (χ2n) is 4.83. The molecule has 2 aromatic rings. The van der Waals surface area contributed by atoms with E-state index in [-0.39, 0.29) is 5.56 Å². The van der Waals surface area contributed by atoms with E-state index < -0.39 is 23.5 Å². The van der Waals surface area contributed by atoms with Crippen molar-refractivity contribution in [3.05, 3.63) is 65.2 Å². The van der Waals surface area contributed by atoms with Gasteiger partial charge in [-0.3, -0.25) is 4.79 Å². The molecule has 0 radical (unpaired) electrons. The van der Waals surface area contributed by atoms with Crippen LogP contribution in [0.15, 0.2) is 42.5 Å². The minimum absolute atomic E-state index is 0.131. The fraction of sp³-hybridized carbons (Fsp3) is 0.176. The van der Waals surface area contributed by atoms with Gasteiger partial charge in [0.15, 0.2) is 0 Å². The number of esters is 1. The summed E-state index contributed by atoms with van der Waals surface area (Å²) in [5, 5.41) is 2.50. The molecule has 0 fully saturated rings. The Bertz CT molecular complexity index is 694. The van der Waals surface area contributed by atoms with E-state index in [1.165, 1.54) is 24.3 Å². The molecule has 0 heterocycles.